The van der Waals surface area contributed by atoms with E-state index < -0.39 is 12.0 Å². The molecule has 3 amide bonds. The van der Waals surface area contributed by atoms with Crippen molar-refractivity contribution in [1.82, 2.24) is 30.4 Å². The molecule has 184 valence electrons. The molecular weight excluding hydrogens is 444 g/mol. The highest BCUT2D eigenvalue weighted by Gasteiger charge is 2.37. The Bertz CT molecular complexity index is 1210. The van der Waals surface area contributed by atoms with Gasteiger partial charge in [-0.25, -0.2) is 0 Å². The highest BCUT2D eigenvalue weighted by Crippen LogP contribution is 2.22. The number of hydrogen-bond acceptors (Lipinski definition) is 5. The van der Waals surface area contributed by atoms with Crippen molar-refractivity contribution in [1.29, 1.82) is 0 Å². The van der Waals surface area contributed by atoms with E-state index in [1.807, 2.05) is 50.2 Å². The summed E-state index contributed by atoms with van der Waals surface area (Å²) in [5.41, 5.74) is 2.93. The Labute approximate surface area is 204 Å². The van der Waals surface area contributed by atoms with Gasteiger partial charge in [-0.15, -0.1) is 0 Å². The lowest BCUT2D eigenvalue weighted by molar-refractivity contribution is -0.127. The van der Waals surface area contributed by atoms with Gasteiger partial charge < -0.3 is 25.4 Å². The molecule has 0 bridgehead atoms. The number of likely N-dealkylation sites (tertiary alicyclic amines) is 1. The summed E-state index contributed by atoms with van der Waals surface area (Å²) >= 11 is 0. The molecule has 2 aromatic heterocycles. The molecular formula is C26H32N6O3. The molecule has 1 fully saturated rings. The van der Waals surface area contributed by atoms with Gasteiger partial charge >= 0.3 is 0 Å². The number of aryl methyl sites for hydroxylation is 1. The van der Waals surface area contributed by atoms with Crippen LogP contribution in [-0.4, -0.2) is 83.8 Å². The summed E-state index contributed by atoms with van der Waals surface area (Å²) < 4.78 is 0. The standard InChI is InChI=1S/C26H32N6O3/c1-17-6-7-21-19(13-17)14-23(29-21)25(34)30-22-8-11-32(26(35)18-5-4-9-27-15-18)16-20(22)24(33)28-10-12-31(2)3/h4-7,9,13-15,20,22,29H,8,10-12,16H2,1-3H3,(H,28,33)(H,30,34)/t20-,22-/m0/s1. The van der Waals surface area contributed by atoms with Crippen molar-refractivity contribution in [3.63, 3.8) is 0 Å². The molecule has 35 heavy (non-hydrogen) atoms. The molecule has 9 nitrogen and oxygen atoms in total. The molecule has 0 radical (unpaired) electrons. The number of hydrogen-bond donors (Lipinski definition) is 3. The summed E-state index contributed by atoms with van der Waals surface area (Å²) in [5, 5.41) is 6.98. The minimum atomic E-state index is -0.567. The first-order valence-corrected chi connectivity index (χ1v) is 11.8. The highest BCUT2D eigenvalue weighted by atomic mass is 16.2. The third kappa shape index (κ3) is 5.86. The van der Waals surface area contributed by atoms with Crippen LogP contribution in [-0.2, 0) is 4.79 Å². The smallest absolute Gasteiger partial charge is 0.267 e. The van der Waals surface area contributed by atoms with Crippen LogP contribution in [0.1, 0.15) is 32.8 Å². The van der Waals surface area contributed by atoms with Crippen molar-refractivity contribution in [3.05, 3.63) is 65.6 Å². The minimum Gasteiger partial charge on any atom is -0.354 e. The van der Waals surface area contributed by atoms with E-state index in [0.717, 1.165) is 16.5 Å². The molecule has 9 heteroatoms. The Balaban J connectivity index is 1.50. The lowest BCUT2D eigenvalue weighted by atomic mass is 9.90. The summed E-state index contributed by atoms with van der Waals surface area (Å²) in [4.78, 5) is 50.1. The number of piperidine rings is 1. The fraction of sp³-hybridized carbons (Fsp3) is 0.385. The molecule has 4 rings (SSSR count). The number of amides is 3. The normalized spacial score (nSPS) is 18.0. The Morgan fingerprint density at radius 3 is 2.77 bits per heavy atom. The van der Waals surface area contributed by atoms with Crippen molar-refractivity contribution < 1.29 is 14.4 Å². The Morgan fingerprint density at radius 1 is 1.20 bits per heavy atom. The van der Waals surface area contributed by atoms with E-state index >= 15 is 0 Å². The highest BCUT2D eigenvalue weighted by molar-refractivity contribution is 5.99. The van der Waals surface area contributed by atoms with Crippen LogP contribution in [0.3, 0.4) is 0 Å². The average molecular weight is 477 g/mol. The zero-order chi connectivity index (χ0) is 24.9. The van der Waals surface area contributed by atoms with Crippen LogP contribution in [0.15, 0.2) is 48.8 Å². The van der Waals surface area contributed by atoms with Crippen LogP contribution in [0.25, 0.3) is 10.9 Å². The van der Waals surface area contributed by atoms with E-state index in [4.69, 9.17) is 0 Å². The summed E-state index contributed by atoms with van der Waals surface area (Å²) in [6.45, 7) is 3.85. The van der Waals surface area contributed by atoms with Crippen molar-refractivity contribution in [2.75, 3.05) is 40.3 Å². The number of nitrogens with one attached hydrogen (secondary N) is 3. The average Bonchev–Trinajstić information content (AvgIpc) is 3.27. The summed E-state index contributed by atoms with van der Waals surface area (Å²) in [5.74, 6) is -1.17. The number of benzene rings is 1. The second-order valence-electron chi connectivity index (χ2n) is 9.34. The fourth-order valence-electron chi connectivity index (χ4n) is 4.40. The van der Waals surface area contributed by atoms with Gasteiger partial charge in [0.25, 0.3) is 11.8 Å². The van der Waals surface area contributed by atoms with Gasteiger partial charge in [0.05, 0.1) is 11.5 Å². The molecule has 3 N–H and O–H groups in total. The number of likely N-dealkylation sites (N-methyl/N-ethyl adjacent to an activating group) is 1. The van der Waals surface area contributed by atoms with Crippen LogP contribution in [0, 0.1) is 12.8 Å². The van der Waals surface area contributed by atoms with Gasteiger partial charge in [0, 0.05) is 55.5 Å². The first-order chi connectivity index (χ1) is 16.8. The van der Waals surface area contributed by atoms with Crippen molar-refractivity contribution in [2.45, 2.75) is 19.4 Å². The molecule has 3 heterocycles. The fourth-order valence-corrected chi connectivity index (χ4v) is 4.40. The molecule has 1 aromatic carbocycles. The predicted molar refractivity (Wildman–Crippen MR) is 134 cm³/mol. The SMILES string of the molecule is Cc1ccc2[nH]c(C(=O)N[C@H]3CCN(C(=O)c4cccnc4)C[C@@H]3C(=O)NCCN(C)C)cc2c1. The summed E-state index contributed by atoms with van der Waals surface area (Å²) in [7, 11) is 3.87. The number of H-pyrrole nitrogens is 1. The van der Waals surface area contributed by atoms with Crippen LogP contribution in [0.2, 0.25) is 0 Å². The van der Waals surface area contributed by atoms with Gasteiger partial charge in [-0.3, -0.25) is 19.4 Å². The number of carbonyl (C=O) groups is 3. The summed E-state index contributed by atoms with van der Waals surface area (Å²) in [6, 6.07) is 10.8. The van der Waals surface area contributed by atoms with E-state index in [2.05, 4.69) is 20.6 Å². The lowest BCUT2D eigenvalue weighted by Crippen LogP contribution is -2.57. The molecule has 0 saturated carbocycles. The molecule has 2 atom stereocenters. The molecule has 1 saturated heterocycles. The summed E-state index contributed by atoms with van der Waals surface area (Å²) in [6.07, 6.45) is 3.62. The van der Waals surface area contributed by atoms with Crippen LogP contribution in [0.5, 0.6) is 0 Å². The van der Waals surface area contributed by atoms with Gasteiger partial charge in [-0.1, -0.05) is 11.6 Å². The van der Waals surface area contributed by atoms with Crippen molar-refractivity contribution in [3.8, 4) is 0 Å². The van der Waals surface area contributed by atoms with E-state index in [-0.39, 0.29) is 24.3 Å². The molecule has 0 spiro atoms. The maximum absolute atomic E-state index is 13.2. The zero-order valence-corrected chi connectivity index (χ0v) is 20.4. The van der Waals surface area contributed by atoms with E-state index in [9.17, 15) is 14.4 Å². The van der Waals surface area contributed by atoms with Crippen LogP contribution in [0.4, 0.5) is 0 Å². The van der Waals surface area contributed by atoms with E-state index in [1.165, 1.54) is 6.20 Å². The zero-order valence-electron chi connectivity index (χ0n) is 20.4. The Morgan fingerprint density at radius 2 is 2.03 bits per heavy atom. The molecule has 0 unspecified atom stereocenters. The topological polar surface area (TPSA) is 110 Å². The largest absolute Gasteiger partial charge is 0.354 e. The number of fused-ring (bicyclic) bond motifs is 1. The van der Waals surface area contributed by atoms with Gasteiger partial charge in [-0.2, -0.15) is 0 Å². The van der Waals surface area contributed by atoms with Gasteiger partial charge in [0.1, 0.15) is 5.69 Å². The lowest BCUT2D eigenvalue weighted by Gasteiger charge is -2.38. The third-order valence-electron chi connectivity index (χ3n) is 6.34. The minimum absolute atomic E-state index is 0.167. The first-order valence-electron chi connectivity index (χ1n) is 11.8. The maximum atomic E-state index is 13.2. The van der Waals surface area contributed by atoms with Crippen LogP contribution >= 0.6 is 0 Å². The Hall–Kier alpha value is -3.72. The number of pyridine rings is 1. The van der Waals surface area contributed by atoms with Gasteiger partial charge in [0.2, 0.25) is 5.91 Å². The second-order valence-corrected chi connectivity index (χ2v) is 9.34. The monoisotopic (exact) mass is 476 g/mol. The predicted octanol–water partition coefficient (Wildman–Crippen LogP) is 1.81. The molecule has 0 aliphatic carbocycles. The van der Waals surface area contributed by atoms with Gasteiger partial charge in [0.15, 0.2) is 0 Å². The maximum Gasteiger partial charge on any atom is 0.267 e. The first kappa shape index (κ1) is 24.4. The van der Waals surface area contributed by atoms with Crippen molar-refractivity contribution >= 4 is 28.6 Å². The van der Waals surface area contributed by atoms with Crippen molar-refractivity contribution in [2.24, 2.45) is 5.92 Å². The quantitative estimate of drug-likeness (QED) is 0.482. The molecule has 1 aliphatic heterocycles. The number of nitrogens with zero attached hydrogens (tertiary/aromatic N) is 3. The van der Waals surface area contributed by atoms with Gasteiger partial charge in [-0.05, 0) is 57.8 Å². The number of aromatic amines is 1. The number of carbonyl (C=O) groups excluding carboxylic acids is 3. The van der Waals surface area contributed by atoms with Crippen LogP contribution < -0.4 is 10.6 Å². The Kier molecular flexibility index (Phi) is 7.45. The molecule has 3 aromatic rings. The number of aromatic nitrogens is 2. The molecule has 1 aliphatic rings. The third-order valence-corrected chi connectivity index (χ3v) is 6.34. The van der Waals surface area contributed by atoms with E-state index in [0.29, 0.717) is 37.3 Å². The second kappa shape index (κ2) is 10.7. The van der Waals surface area contributed by atoms with E-state index in [1.54, 1.807) is 23.2 Å². The number of rotatable bonds is 7.